The Morgan fingerprint density at radius 3 is 2.66 bits per heavy atom. The largest absolute Gasteiger partial charge is 0.407 e. The molecule has 0 unspecified atom stereocenters. The van der Waals surface area contributed by atoms with E-state index in [0.717, 1.165) is 11.3 Å². The molecule has 1 saturated heterocycles. The van der Waals surface area contributed by atoms with Crippen LogP contribution in [0.3, 0.4) is 0 Å². The Bertz CT molecular complexity index is 1000. The summed E-state index contributed by atoms with van der Waals surface area (Å²) in [5.41, 5.74) is 1.86. The number of halogens is 1. The van der Waals surface area contributed by atoms with E-state index in [-0.39, 0.29) is 30.2 Å². The first-order valence-electron chi connectivity index (χ1n) is 9.31. The van der Waals surface area contributed by atoms with Gasteiger partial charge in [0.15, 0.2) is 0 Å². The molecule has 4 rings (SSSR count). The van der Waals surface area contributed by atoms with Crippen LogP contribution >= 0.6 is 11.6 Å². The normalized spacial score (nSPS) is 16.2. The van der Waals surface area contributed by atoms with E-state index in [2.05, 4.69) is 15.5 Å². The molecule has 1 aliphatic heterocycles. The first kappa shape index (κ1) is 19.1. The number of rotatable bonds is 6. The first-order valence-corrected chi connectivity index (χ1v) is 9.69. The summed E-state index contributed by atoms with van der Waals surface area (Å²) in [4.78, 5) is 26.2. The topological polar surface area (TPSA) is 88.3 Å². The number of carbonyl (C=O) groups is 2. The highest BCUT2D eigenvalue weighted by atomic mass is 35.5. The lowest BCUT2D eigenvalue weighted by Crippen LogP contribution is -2.24. The van der Waals surface area contributed by atoms with Crippen molar-refractivity contribution in [1.82, 2.24) is 10.2 Å². The van der Waals surface area contributed by atoms with Gasteiger partial charge in [-0.15, -0.1) is 5.10 Å². The third kappa shape index (κ3) is 4.63. The summed E-state index contributed by atoms with van der Waals surface area (Å²) >= 11 is 5.91. The van der Waals surface area contributed by atoms with Gasteiger partial charge in [0.25, 0.3) is 0 Å². The minimum absolute atomic E-state index is 0.0241. The summed E-state index contributed by atoms with van der Waals surface area (Å²) in [5.74, 6) is -0.105. The average Bonchev–Trinajstić information content (AvgIpc) is 3.34. The van der Waals surface area contributed by atoms with Gasteiger partial charge in [-0.25, -0.2) is 0 Å². The van der Waals surface area contributed by atoms with Crippen molar-refractivity contribution >= 4 is 35.1 Å². The quantitative estimate of drug-likeness (QED) is 0.667. The van der Waals surface area contributed by atoms with Crippen molar-refractivity contribution < 1.29 is 14.0 Å². The van der Waals surface area contributed by atoms with Crippen LogP contribution in [-0.4, -0.2) is 28.6 Å². The van der Waals surface area contributed by atoms with Gasteiger partial charge in [-0.2, -0.15) is 0 Å². The number of aromatic nitrogens is 2. The zero-order chi connectivity index (χ0) is 20.2. The fraction of sp³-hybridized carbons (Fsp3) is 0.238. The molecule has 29 heavy (non-hydrogen) atoms. The summed E-state index contributed by atoms with van der Waals surface area (Å²) in [5, 5.41) is 11.1. The molecule has 7 nitrogen and oxygen atoms in total. The molecule has 2 amide bonds. The van der Waals surface area contributed by atoms with Gasteiger partial charge in [0.05, 0.1) is 5.92 Å². The third-order valence-electron chi connectivity index (χ3n) is 4.78. The monoisotopic (exact) mass is 410 g/mol. The summed E-state index contributed by atoms with van der Waals surface area (Å²) in [7, 11) is 0. The van der Waals surface area contributed by atoms with Crippen molar-refractivity contribution in [2.75, 3.05) is 16.8 Å². The van der Waals surface area contributed by atoms with Crippen LogP contribution in [-0.2, 0) is 16.0 Å². The van der Waals surface area contributed by atoms with Crippen molar-refractivity contribution in [2.24, 2.45) is 0 Å². The standard InChI is InChI=1S/C21H19ClN4O3/c22-16-7-9-17(10-8-16)26-13-15(12-19(26)28)20-24-25-21(29-20)23-18(27)11-6-14-4-2-1-3-5-14/h1-5,7-10,15H,6,11-13H2,(H,23,25,27)/t15-/m1/s1. The van der Waals surface area contributed by atoms with Gasteiger partial charge in [0.1, 0.15) is 0 Å². The van der Waals surface area contributed by atoms with Crippen LogP contribution in [0, 0.1) is 0 Å². The van der Waals surface area contributed by atoms with E-state index in [1.165, 1.54) is 0 Å². The molecule has 2 aromatic carbocycles. The van der Waals surface area contributed by atoms with E-state index in [9.17, 15) is 9.59 Å². The van der Waals surface area contributed by atoms with Gasteiger partial charge in [0.2, 0.25) is 17.7 Å². The number of amides is 2. The smallest absolute Gasteiger partial charge is 0.322 e. The van der Waals surface area contributed by atoms with Crippen LogP contribution in [0.4, 0.5) is 11.7 Å². The van der Waals surface area contributed by atoms with E-state index in [4.69, 9.17) is 16.0 Å². The molecule has 0 bridgehead atoms. The fourth-order valence-electron chi connectivity index (χ4n) is 3.28. The maximum absolute atomic E-state index is 12.4. The SMILES string of the molecule is O=C(CCc1ccccc1)Nc1nnc([C@@H]2CC(=O)N(c3ccc(Cl)cc3)C2)o1. The van der Waals surface area contributed by atoms with E-state index in [1.807, 2.05) is 30.3 Å². The number of aryl methyl sites for hydroxylation is 1. The van der Waals surface area contributed by atoms with Crippen LogP contribution in [0.25, 0.3) is 0 Å². The molecule has 8 heteroatoms. The number of nitrogens with one attached hydrogen (secondary N) is 1. The second-order valence-corrected chi connectivity index (χ2v) is 7.30. The van der Waals surface area contributed by atoms with Crippen molar-refractivity contribution in [3.05, 3.63) is 71.1 Å². The summed E-state index contributed by atoms with van der Waals surface area (Å²) in [6.45, 7) is 0.435. The lowest BCUT2D eigenvalue weighted by Gasteiger charge is -2.15. The van der Waals surface area contributed by atoms with Gasteiger partial charge in [-0.05, 0) is 36.2 Å². The van der Waals surface area contributed by atoms with E-state index in [0.29, 0.717) is 30.3 Å². The van der Waals surface area contributed by atoms with Crippen LogP contribution in [0.15, 0.2) is 59.0 Å². The molecule has 1 atom stereocenters. The minimum Gasteiger partial charge on any atom is -0.407 e. The number of carbonyl (C=O) groups excluding carboxylic acids is 2. The van der Waals surface area contributed by atoms with Crippen molar-refractivity contribution in [2.45, 2.75) is 25.2 Å². The molecule has 2 heterocycles. The molecule has 148 valence electrons. The maximum Gasteiger partial charge on any atom is 0.322 e. The van der Waals surface area contributed by atoms with E-state index < -0.39 is 0 Å². The van der Waals surface area contributed by atoms with E-state index >= 15 is 0 Å². The molecule has 1 aliphatic rings. The first-order chi connectivity index (χ1) is 14.1. The molecule has 3 aromatic rings. The zero-order valence-electron chi connectivity index (χ0n) is 15.5. The zero-order valence-corrected chi connectivity index (χ0v) is 16.3. The molecule has 1 aromatic heterocycles. The molecule has 0 radical (unpaired) electrons. The molecule has 0 saturated carbocycles. The molecular weight excluding hydrogens is 392 g/mol. The van der Waals surface area contributed by atoms with Crippen LogP contribution in [0.5, 0.6) is 0 Å². The van der Waals surface area contributed by atoms with E-state index in [1.54, 1.807) is 29.2 Å². The molecular formula is C21H19ClN4O3. The minimum atomic E-state index is -0.222. The molecule has 0 spiro atoms. The Labute approximate surface area is 172 Å². The van der Waals surface area contributed by atoms with Crippen molar-refractivity contribution in [1.29, 1.82) is 0 Å². The number of hydrogen-bond acceptors (Lipinski definition) is 5. The van der Waals surface area contributed by atoms with Gasteiger partial charge < -0.3 is 9.32 Å². The summed E-state index contributed by atoms with van der Waals surface area (Å²) < 4.78 is 5.59. The van der Waals surface area contributed by atoms with Crippen LogP contribution in [0.1, 0.15) is 30.2 Å². The van der Waals surface area contributed by atoms with Crippen LogP contribution < -0.4 is 10.2 Å². The number of hydrogen-bond donors (Lipinski definition) is 1. The number of nitrogens with zero attached hydrogens (tertiary/aromatic N) is 3. The summed E-state index contributed by atoms with van der Waals surface area (Å²) in [6.07, 6.45) is 1.21. The predicted molar refractivity (Wildman–Crippen MR) is 109 cm³/mol. The molecule has 1 fully saturated rings. The Balaban J connectivity index is 1.34. The second-order valence-electron chi connectivity index (χ2n) is 6.86. The predicted octanol–water partition coefficient (Wildman–Crippen LogP) is 3.81. The van der Waals surface area contributed by atoms with Crippen molar-refractivity contribution in [3.63, 3.8) is 0 Å². The highest BCUT2D eigenvalue weighted by Crippen LogP contribution is 2.32. The Morgan fingerprint density at radius 1 is 1.14 bits per heavy atom. The van der Waals surface area contributed by atoms with Gasteiger partial charge in [-0.3, -0.25) is 14.9 Å². The van der Waals surface area contributed by atoms with Gasteiger partial charge >= 0.3 is 6.01 Å². The fourth-order valence-corrected chi connectivity index (χ4v) is 3.40. The Hall–Kier alpha value is -3.19. The number of anilines is 2. The van der Waals surface area contributed by atoms with Crippen molar-refractivity contribution in [3.8, 4) is 0 Å². The summed E-state index contributed by atoms with van der Waals surface area (Å²) in [6, 6.07) is 16.9. The molecule has 0 aliphatic carbocycles. The Morgan fingerprint density at radius 2 is 1.90 bits per heavy atom. The maximum atomic E-state index is 12.4. The van der Waals surface area contributed by atoms with Crippen LogP contribution in [0.2, 0.25) is 5.02 Å². The number of benzene rings is 2. The highest BCUT2D eigenvalue weighted by Gasteiger charge is 2.35. The molecule has 1 N–H and O–H groups in total. The lowest BCUT2D eigenvalue weighted by molar-refractivity contribution is -0.117. The lowest BCUT2D eigenvalue weighted by atomic mass is 10.1. The third-order valence-corrected chi connectivity index (χ3v) is 5.04. The Kier molecular flexibility index (Phi) is 5.57. The average molecular weight is 411 g/mol. The highest BCUT2D eigenvalue weighted by molar-refractivity contribution is 6.30. The second kappa shape index (κ2) is 8.45. The van der Waals surface area contributed by atoms with Gasteiger partial charge in [-0.1, -0.05) is 47.0 Å². The van der Waals surface area contributed by atoms with Gasteiger partial charge in [0, 0.05) is 30.1 Å².